The zero-order valence-electron chi connectivity index (χ0n) is 17.8. The van der Waals surface area contributed by atoms with Crippen molar-refractivity contribution in [3.8, 4) is 11.5 Å². The molecule has 1 amide bonds. The number of phenolic OH excluding ortho intramolecular Hbond substituents is 2. The molecular weight excluding hydrogens is 390 g/mol. The molecule has 164 valence electrons. The normalized spacial score (nSPS) is 19.2. The molecule has 2 aromatic rings. The zero-order valence-corrected chi connectivity index (χ0v) is 17.8. The average Bonchev–Trinajstić information content (AvgIpc) is 3.41. The highest BCUT2D eigenvalue weighted by Crippen LogP contribution is 2.41. The summed E-state index contributed by atoms with van der Waals surface area (Å²) in [6, 6.07) is 14.6. The maximum Gasteiger partial charge on any atom is 0.224 e. The maximum absolute atomic E-state index is 12.1. The minimum Gasteiger partial charge on any atom is -0.508 e. The van der Waals surface area contributed by atoms with Crippen molar-refractivity contribution in [2.24, 2.45) is 5.92 Å². The summed E-state index contributed by atoms with van der Waals surface area (Å²) < 4.78 is 0. The fourth-order valence-corrected chi connectivity index (χ4v) is 5.03. The predicted octanol–water partition coefficient (Wildman–Crippen LogP) is 4.81. The van der Waals surface area contributed by atoms with Gasteiger partial charge in [0.1, 0.15) is 17.7 Å². The Labute approximate surface area is 183 Å². The highest BCUT2D eigenvalue weighted by atomic mass is 16.3. The number of likely N-dealkylation sites (tertiary alicyclic amines) is 1. The summed E-state index contributed by atoms with van der Waals surface area (Å²) in [5.74, 6) is 0.989. The van der Waals surface area contributed by atoms with Crippen molar-refractivity contribution in [3.63, 3.8) is 0 Å². The quantitative estimate of drug-likeness (QED) is 0.599. The van der Waals surface area contributed by atoms with Crippen LogP contribution in [0.25, 0.3) is 5.57 Å². The van der Waals surface area contributed by atoms with Crippen molar-refractivity contribution in [1.29, 1.82) is 0 Å². The van der Waals surface area contributed by atoms with Crippen molar-refractivity contribution in [2.75, 3.05) is 6.54 Å². The number of aliphatic hydroxyl groups is 1. The van der Waals surface area contributed by atoms with E-state index in [0.717, 1.165) is 42.4 Å². The molecule has 5 nitrogen and oxygen atoms in total. The van der Waals surface area contributed by atoms with Crippen molar-refractivity contribution in [3.05, 3.63) is 65.2 Å². The number of aliphatic hydroxyl groups excluding tert-OH is 1. The Morgan fingerprint density at radius 3 is 1.90 bits per heavy atom. The van der Waals surface area contributed by atoms with E-state index in [1.54, 1.807) is 29.2 Å². The molecule has 1 saturated heterocycles. The number of allylic oxidation sites excluding steroid dienone is 1. The Kier molecular flexibility index (Phi) is 6.62. The van der Waals surface area contributed by atoms with Gasteiger partial charge in [0.25, 0.3) is 0 Å². The molecule has 1 saturated carbocycles. The van der Waals surface area contributed by atoms with E-state index in [0.29, 0.717) is 25.3 Å². The molecule has 0 spiro atoms. The van der Waals surface area contributed by atoms with Crippen LogP contribution in [-0.2, 0) is 4.79 Å². The van der Waals surface area contributed by atoms with Gasteiger partial charge < -0.3 is 20.2 Å². The Balaban J connectivity index is 1.70. The Morgan fingerprint density at radius 2 is 1.42 bits per heavy atom. The van der Waals surface area contributed by atoms with Crippen LogP contribution in [0.4, 0.5) is 0 Å². The van der Waals surface area contributed by atoms with Gasteiger partial charge in [0.2, 0.25) is 5.91 Å². The number of aromatic hydroxyl groups is 2. The van der Waals surface area contributed by atoms with Gasteiger partial charge in [0.15, 0.2) is 0 Å². The van der Waals surface area contributed by atoms with Crippen LogP contribution in [-0.4, -0.2) is 38.9 Å². The molecule has 1 aliphatic carbocycles. The van der Waals surface area contributed by atoms with Gasteiger partial charge in [0.05, 0.1) is 0 Å². The fraction of sp³-hybridized carbons (Fsp3) is 0.423. The van der Waals surface area contributed by atoms with Gasteiger partial charge in [-0.25, -0.2) is 0 Å². The monoisotopic (exact) mass is 421 g/mol. The highest BCUT2D eigenvalue weighted by molar-refractivity contribution is 5.83. The van der Waals surface area contributed by atoms with Crippen LogP contribution in [0.15, 0.2) is 54.1 Å². The van der Waals surface area contributed by atoms with E-state index in [1.165, 1.54) is 18.4 Å². The number of amides is 1. The minimum absolute atomic E-state index is 0.0381. The minimum atomic E-state index is -0.653. The summed E-state index contributed by atoms with van der Waals surface area (Å²) in [4.78, 5) is 13.7. The highest BCUT2D eigenvalue weighted by Gasteiger charge is 2.29. The van der Waals surface area contributed by atoms with Gasteiger partial charge in [-0.05, 0) is 72.6 Å². The topological polar surface area (TPSA) is 81.0 Å². The lowest BCUT2D eigenvalue weighted by molar-refractivity contribution is -0.133. The molecule has 1 heterocycles. The predicted molar refractivity (Wildman–Crippen MR) is 120 cm³/mol. The third kappa shape index (κ3) is 4.93. The van der Waals surface area contributed by atoms with E-state index in [-0.39, 0.29) is 17.4 Å². The van der Waals surface area contributed by atoms with Gasteiger partial charge in [-0.15, -0.1) is 0 Å². The molecule has 2 aliphatic rings. The number of hydrogen-bond donors (Lipinski definition) is 3. The lowest BCUT2D eigenvalue weighted by Crippen LogP contribution is -2.33. The second kappa shape index (κ2) is 9.56. The van der Waals surface area contributed by atoms with Gasteiger partial charge in [0, 0.05) is 19.4 Å². The molecular formula is C26H31NO4. The lowest BCUT2D eigenvalue weighted by atomic mass is 9.83. The average molecular weight is 422 g/mol. The van der Waals surface area contributed by atoms with Crippen LogP contribution in [0.3, 0.4) is 0 Å². The lowest BCUT2D eigenvalue weighted by Gasteiger charge is -2.24. The molecule has 1 atom stereocenters. The second-order valence-electron chi connectivity index (χ2n) is 8.69. The van der Waals surface area contributed by atoms with Crippen molar-refractivity contribution >= 4 is 11.5 Å². The summed E-state index contributed by atoms with van der Waals surface area (Å²) in [7, 11) is 0. The molecule has 1 aliphatic heterocycles. The Bertz CT molecular complexity index is 879. The molecule has 2 fully saturated rings. The Morgan fingerprint density at radius 1 is 0.871 bits per heavy atom. The third-order valence-electron chi connectivity index (χ3n) is 6.62. The first-order valence-electron chi connectivity index (χ1n) is 11.3. The second-order valence-corrected chi connectivity index (χ2v) is 8.69. The number of hydrogen-bond acceptors (Lipinski definition) is 4. The van der Waals surface area contributed by atoms with Crippen LogP contribution in [0.5, 0.6) is 11.5 Å². The maximum atomic E-state index is 12.1. The summed E-state index contributed by atoms with van der Waals surface area (Å²) in [5.41, 5.74) is 4.61. The fourth-order valence-electron chi connectivity index (χ4n) is 5.03. The van der Waals surface area contributed by atoms with Crippen molar-refractivity contribution in [2.45, 2.75) is 57.6 Å². The molecule has 1 unspecified atom stereocenters. The number of carbonyl (C=O) groups is 1. The Hall–Kier alpha value is -2.79. The van der Waals surface area contributed by atoms with E-state index in [9.17, 15) is 20.1 Å². The SMILES string of the molecule is O=C1CCC(O)N1CCCC(=C(c1ccc(O)cc1)c1ccc(O)cc1)C1CCCC1. The smallest absolute Gasteiger partial charge is 0.224 e. The molecule has 31 heavy (non-hydrogen) atoms. The molecule has 0 radical (unpaired) electrons. The third-order valence-corrected chi connectivity index (χ3v) is 6.62. The van der Waals surface area contributed by atoms with Crippen LogP contribution in [0, 0.1) is 5.92 Å². The first-order valence-corrected chi connectivity index (χ1v) is 11.3. The number of nitrogens with zero attached hydrogens (tertiary/aromatic N) is 1. The number of benzene rings is 2. The summed E-state index contributed by atoms with van der Waals surface area (Å²) in [5, 5.41) is 29.7. The van der Waals surface area contributed by atoms with Crippen LogP contribution >= 0.6 is 0 Å². The number of rotatable bonds is 7. The van der Waals surface area contributed by atoms with E-state index < -0.39 is 6.23 Å². The van der Waals surface area contributed by atoms with Crippen LogP contribution < -0.4 is 0 Å². The van der Waals surface area contributed by atoms with Gasteiger partial charge >= 0.3 is 0 Å². The van der Waals surface area contributed by atoms with Crippen LogP contribution in [0.1, 0.15) is 62.5 Å². The van der Waals surface area contributed by atoms with Crippen molar-refractivity contribution < 1.29 is 20.1 Å². The van der Waals surface area contributed by atoms with Gasteiger partial charge in [-0.2, -0.15) is 0 Å². The molecule has 0 aromatic heterocycles. The molecule has 0 bridgehead atoms. The number of phenols is 2. The van der Waals surface area contributed by atoms with Crippen LogP contribution in [0.2, 0.25) is 0 Å². The molecule has 2 aromatic carbocycles. The van der Waals surface area contributed by atoms with E-state index in [2.05, 4.69) is 0 Å². The zero-order chi connectivity index (χ0) is 21.8. The largest absolute Gasteiger partial charge is 0.508 e. The van der Waals surface area contributed by atoms with Crippen molar-refractivity contribution in [1.82, 2.24) is 4.90 Å². The van der Waals surface area contributed by atoms with E-state index in [4.69, 9.17) is 0 Å². The van der Waals surface area contributed by atoms with E-state index in [1.807, 2.05) is 24.3 Å². The van der Waals surface area contributed by atoms with Gasteiger partial charge in [-0.1, -0.05) is 42.7 Å². The number of carbonyl (C=O) groups excluding carboxylic acids is 1. The first kappa shape index (κ1) is 21.4. The first-order chi connectivity index (χ1) is 15.0. The molecule has 4 rings (SSSR count). The van der Waals surface area contributed by atoms with Gasteiger partial charge in [-0.3, -0.25) is 4.79 Å². The summed E-state index contributed by atoms with van der Waals surface area (Å²) in [6.45, 7) is 0.564. The molecule has 3 N–H and O–H groups in total. The summed E-state index contributed by atoms with van der Waals surface area (Å²) >= 11 is 0. The van der Waals surface area contributed by atoms with E-state index >= 15 is 0 Å². The standard InChI is InChI=1S/C26H31NO4/c28-21-11-7-19(8-12-21)26(20-9-13-22(29)14-10-20)23(18-4-1-2-5-18)6-3-17-27-24(30)15-16-25(27)31/h7-14,18,24,28-30H,1-6,15-17H2. The molecule has 5 heteroatoms. The summed E-state index contributed by atoms with van der Waals surface area (Å²) in [6.07, 6.45) is 6.69.